The highest BCUT2D eigenvalue weighted by Crippen LogP contribution is 2.70. The van der Waals surface area contributed by atoms with Crippen molar-refractivity contribution in [3.05, 3.63) is 0 Å². The van der Waals surface area contributed by atoms with Gasteiger partial charge in [0.05, 0.1) is 34.7 Å². The normalized spacial score (nSPS) is 43.4. The van der Waals surface area contributed by atoms with E-state index in [1.807, 2.05) is 0 Å². The molecule has 3 saturated heterocycles. The van der Waals surface area contributed by atoms with Crippen molar-refractivity contribution in [2.45, 2.75) is 73.1 Å². The molecule has 3 unspecified atom stereocenters. The molecule has 0 aromatic carbocycles. The highest BCUT2D eigenvalue weighted by Gasteiger charge is 2.50. The minimum absolute atomic E-state index is 0.224. The van der Waals surface area contributed by atoms with Gasteiger partial charge in [-0.3, -0.25) is 4.79 Å². The Morgan fingerprint density at radius 3 is 2.23 bits per heavy atom. The number of ether oxygens (including phenoxy) is 3. The summed E-state index contributed by atoms with van der Waals surface area (Å²) in [5.74, 6) is -1.26. The van der Waals surface area contributed by atoms with Crippen LogP contribution in [0.5, 0.6) is 0 Å². The summed E-state index contributed by atoms with van der Waals surface area (Å²) in [5.41, 5.74) is 0. The first-order valence-electron chi connectivity index (χ1n) is 11.8. The third-order valence-electron chi connectivity index (χ3n) is 6.23. The average Bonchev–Trinajstić information content (AvgIpc) is 3.25. The molecule has 0 aromatic rings. The van der Waals surface area contributed by atoms with Crippen LogP contribution < -0.4 is 10.2 Å². The monoisotopic (exact) mass is 627 g/mol. The molecular formula is C19H34NO16PS2. The van der Waals surface area contributed by atoms with E-state index >= 15 is 0 Å². The zero-order valence-corrected chi connectivity index (χ0v) is 23.2. The van der Waals surface area contributed by atoms with Crippen molar-refractivity contribution in [3.63, 3.8) is 0 Å². The van der Waals surface area contributed by atoms with Crippen LogP contribution >= 0.6 is 18.5 Å². The number of hydrogen-bond donors (Lipinski definition) is 8. The number of hydrogen-bond acceptors (Lipinski definition) is 17. The van der Waals surface area contributed by atoms with Crippen molar-refractivity contribution in [2.24, 2.45) is 0 Å². The van der Waals surface area contributed by atoms with Crippen molar-refractivity contribution < 1.29 is 77.1 Å². The summed E-state index contributed by atoms with van der Waals surface area (Å²) in [7, 11) is -6.20. The zero-order valence-electron chi connectivity index (χ0n) is 20.7. The van der Waals surface area contributed by atoms with E-state index < -0.39 is 114 Å². The second-order valence-electron chi connectivity index (χ2n) is 9.19. The number of aliphatic hydroxyl groups is 7. The van der Waals surface area contributed by atoms with Crippen LogP contribution in [-0.4, -0.2) is 155 Å². The van der Waals surface area contributed by atoms with Crippen LogP contribution in [0.15, 0.2) is 0 Å². The first kappa shape index (κ1) is 33.2. The number of carbonyl (C=O) groups is 1. The Balaban J connectivity index is 1.52. The molecule has 3 aliphatic heterocycles. The first-order valence-corrected chi connectivity index (χ1v) is 16.7. The van der Waals surface area contributed by atoms with E-state index in [9.17, 15) is 53.9 Å². The van der Waals surface area contributed by atoms with Gasteiger partial charge in [-0.15, -0.1) is 0 Å². The maximum atomic E-state index is 12.9. The van der Waals surface area contributed by atoms with Gasteiger partial charge in [-0.25, -0.2) is 8.42 Å². The maximum absolute atomic E-state index is 12.9. The van der Waals surface area contributed by atoms with Crippen molar-refractivity contribution in [3.8, 4) is 0 Å². The van der Waals surface area contributed by atoms with Gasteiger partial charge >= 0.3 is 0 Å². The Morgan fingerprint density at radius 2 is 1.59 bits per heavy atom. The van der Waals surface area contributed by atoms with Crippen LogP contribution in [-0.2, 0) is 37.9 Å². The number of amides is 1. The van der Waals surface area contributed by atoms with Gasteiger partial charge in [0.15, 0.2) is 22.4 Å². The third-order valence-corrected chi connectivity index (χ3v) is 12.3. The summed E-state index contributed by atoms with van der Waals surface area (Å²) in [5, 5.41) is 71.3. The molecular weight excluding hydrogens is 593 g/mol. The summed E-state index contributed by atoms with van der Waals surface area (Å²) in [6.45, 7) is -1.44. The molecule has 20 heteroatoms. The molecule has 12 atom stereocenters. The van der Waals surface area contributed by atoms with Crippen molar-refractivity contribution >= 4 is 34.3 Å². The summed E-state index contributed by atoms with van der Waals surface area (Å²) in [4.78, 5) is 24.2. The third kappa shape index (κ3) is 8.60. The lowest BCUT2D eigenvalue weighted by Crippen LogP contribution is -2.61. The van der Waals surface area contributed by atoms with Gasteiger partial charge in [0.1, 0.15) is 62.0 Å². The number of aliphatic hydroxyl groups excluding tert-OH is 7. The Kier molecular flexibility index (Phi) is 11.7. The smallest absolute Gasteiger partial charge is 0.299 e. The van der Waals surface area contributed by atoms with Gasteiger partial charge in [0.2, 0.25) is 5.91 Å². The molecule has 228 valence electrons. The quantitative estimate of drug-likeness (QED) is 0.0991. The van der Waals surface area contributed by atoms with Gasteiger partial charge in [-0.2, -0.15) is 9.05 Å². The number of rotatable bonds is 11. The Labute approximate surface area is 228 Å². The lowest BCUT2D eigenvalue weighted by atomic mass is 9.98. The summed E-state index contributed by atoms with van der Waals surface area (Å²) >= 11 is 0.641. The Hall–Kier alpha value is -0.320. The summed E-state index contributed by atoms with van der Waals surface area (Å²) in [6.07, 6.45) is -17.0. The van der Waals surface area contributed by atoms with Crippen LogP contribution in [0.3, 0.4) is 0 Å². The second kappa shape index (κ2) is 13.8. The van der Waals surface area contributed by atoms with Crippen LogP contribution in [0, 0.1) is 0 Å². The lowest BCUT2D eigenvalue weighted by molar-refractivity contribution is -0.326. The fraction of sp³-hybridized carbons (Fsp3) is 0.947. The standard InChI is InChI=1S/C19H34NO16PS2/c1-20-11(21)2-3-39(30,31)7-8-4-33-37(29,38-8)34-6-10-13(23)15(25)17(27)19(36-10)32-5-9-12(22)14(24)16(26)18(28)35-9/h8-10,12-19,22-28H,2-7H2,1H3,(H,20,21)/t8?,9-,10-,12-,13+,14+,15+,16-,17-,18?,19+,37?/m1/s1. The van der Waals surface area contributed by atoms with E-state index in [2.05, 4.69) is 5.32 Å². The van der Waals surface area contributed by atoms with Crippen molar-refractivity contribution in [1.29, 1.82) is 0 Å². The number of sulfone groups is 1. The SMILES string of the molecule is CNC(=O)CCS(=O)(=O)CC1CO[P+]([O-])(OC[C@H]2O[C@H](OC[C@H]3OC(O)[C@H](O)[C@@H](O)[C@@H]3O)[C@H](O)[C@@H](O)[C@H]2O)S1. The van der Waals surface area contributed by atoms with E-state index in [1.54, 1.807) is 0 Å². The average molecular weight is 628 g/mol. The van der Waals surface area contributed by atoms with Crippen LogP contribution in [0.25, 0.3) is 0 Å². The number of nitrogens with one attached hydrogen (secondary N) is 1. The predicted octanol–water partition coefficient (Wildman–Crippen LogP) is -5.65. The molecule has 3 fully saturated rings. The van der Waals surface area contributed by atoms with E-state index in [0.29, 0.717) is 11.4 Å². The Bertz CT molecular complexity index is 933. The predicted molar refractivity (Wildman–Crippen MR) is 129 cm³/mol. The highest BCUT2D eigenvalue weighted by atomic mass is 32.7. The minimum Gasteiger partial charge on any atom is -0.622 e. The lowest BCUT2D eigenvalue weighted by Gasteiger charge is -2.42. The van der Waals surface area contributed by atoms with Gasteiger partial charge in [0, 0.05) is 13.5 Å². The molecule has 3 aliphatic rings. The molecule has 1 amide bonds. The van der Waals surface area contributed by atoms with Crippen molar-refractivity contribution in [1.82, 2.24) is 5.32 Å². The number of carbonyl (C=O) groups excluding carboxylic acids is 1. The molecule has 0 aromatic heterocycles. The highest BCUT2D eigenvalue weighted by molar-refractivity contribution is 8.57. The van der Waals surface area contributed by atoms with E-state index in [-0.39, 0.29) is 13.0 Å². The molecule has 0 radical (unpaired) electrons. The van der Waals surface area contributed by atoms with Crippen LogP contribution in [0.4, 0.5) is 0 Å². The van der Waals surface area contributed by atoms with E-state index in [4.69, 9.17) is 23.3 Å². The van der Waals surface area contributed by atoms with Gasteiger partial charge < -0.3 is 60.2 Å². The minimum atomic E-state index is -3.90. The van der Waals surface area contributed by atoms with E-state index in [0.717, 1.165) is 0 Å². The van der Waals surface area contributed by atoms with E-state index in [1.165, 1.54) is 7.05 Å². The van der Waals surface area contributed by atoms with Crippen LogP contribution in [0.1, 0.15) is 6.42 Å². The molecule has 8 N–H and O–H groups in total. The largest absolute Gasteiger partial charge is 0.622 e. The van der Waals surface area contributed by atoms with Gasteiger partial charge in [-0.1, -0.05) is 0 Å². The van der Waals surface area contributed by atoms with Crippen LogP contribution in [0.2, 0.25) is 0 Å². The molecule has 3 heterocycles. The van der Waals surface area contributed by atoms with Gasteiger partial charge in [0.25, 0.3) is 7.15 Å². The molecule has 0 saturated carbocycles. The molecule has 17 nitrogen and oxygen atoms in total. The summed E-state index contributed by atoms with van der Waals surface area (Å²) < 4.78 is 50.7. The zero-order chi connectivity index (χ0) is 29.1. The van der Waals surface area contributed by atoms with Gasteiger partial charge in [-0.05, 0) is 0 Å². The fourth-order valence-electron chi connectivity index (χ4n) is 3.92. The molecule has 0 spiro atoms. The first-order chi connectivity index (χ1) is 18.2. The molecule has 0 aliphatic carbocycles. The molecule has 3 rings (SSSR count). The molecule has 39 heavy (non-hydrogen) atoms. The summed E-state index contributed by atoms with van der Waals surface area (Å²) in [6, 6.07) is 0. The second-order valence-corrected chi connectivity index (χ2v) is 15.7. The molecule has 0 bridgehead atoms. The Morgan fingerprint density at radius 1 is 0.974 bits per heavy atom. The fourth-order valence-corrected chi connectivity index (χ4v) is 10.1. The maximum Gasteiger partial charge on any atom is 0.299 e. The van der Waals surface area contributed by atoms with Crippen molar-refractivity contribution in [2.75, 3.05) is 38.4 Å². The topological polar surface area (TPSA) is 274 Å².